The summed E-state index contributed by atoms with van der Waals surface area (Å²) in [5, 5.41) is 4.19. The third kappa shape index (κ3) is 4.37. The molecule has 1 amide bonds. The van der Waals surface area contributed by atoms with Crippen molar-refractivity contribution in [2.24, 2.45) is 11.8 Å². The van der Waals surface area contributed by atoms with E-state index < -0.39 is 0 Å². The fourth-order valence-corrected chi connectivity index (χ4v) is 8.08. The minimum absolute atomic E-state index is 0.0309. The summed E-state index contributed by atoms with van der Waals surface area (Å²) in [6.07, 6.45) is 7.65. The summed E-state index contributed by atoms with van der Waals surface area (Å²) >= 11 is 6.27. The zero-order valence-electron chi connectivity index (χ0n) is 21.5. The van der Waals surface area contributed by atoms with Crippen LogP contribution in [0.3, 0.4) is 0 Å². The SMILES string of the molecule is CN1CCCC(C2C[C@H](c3ccccc3)CCN2C(=O)[C@@H]2CNC[C@]23CCCc2nc(Cl)ccc23)C1. The number of fused-ring (bicyclic) bond motifs is 2. The molecule has 1 aromatic heterocycles. The third-order valence-electron chi connectivity index (χ3n) is 9.67. The van der Waals surface area contributed by atoms with E-state index in [0.29, 0.717) is 28.9 Å². The van der Waals surface area contributed by atoms with Gasteiger partial charge in [0.1, 0.15) is 5.15 Å². The van der Waals surface area contributed by atoms with Crippen LogP contribution in [0.15, 0.2) is 42.5 Å². The van der Waals surface area contributed by atoms with Gasteiger partial charge in [-0.05, 0) is 87.6 Å². The van der Waals surface area contributed by atoms with Crippen molar-refractivity contribution in [3.05, 3.63) is 64.4 Å². The van der Waals surface area contributed by atoms with Crippen LogP contribution < -0.4 is 5.32 Å². The van der Waals surface area contributed by atoms with Crippen molar-refractivity contribution < 1.29 is 4.79 Å². The minimum Gasteiger partial charge on any atom is -0.339 e. The fourth-order valence-electron chi connectivity index (χ4n) is 7.92. The maximum Gasteiger partial charge on any atom is 0.228 e. The highest BCUT2D eigenvalue weighted by Gasteiger charge is 2.52. The van der Waals surface area contributed by atoms with E-state index in [-0.39, 0.29) is 11.3 Å². The van der Waals surface area contributed by atoms with Gasteiger partial charge >= 0.3 is 0 Å². The molecule has 0 saturated carbocycles. The smallest absolute Gasteiger partial charge is 0.228 e. The zero-order chi connectivity index (χ0) is 24.7. The lowest BCUT2D eigenvalue weighted by atomic mass is 9.65. The summed E-state index contributed by atoms with van der Waals surface area (Å²) in [6.45, 7) is 4.74. The molecule has 1 aromatic carbocycles. The van der Waals surface area contributed by atoms with Crippen molar-refractivity contribution in [2.75, 3.05) is 39.8 Å². The first-order chi connectivity index (χ1) is 17.5. The van der Waals surface area contributed by atoms with Gasteiger partial charge < -0.3 is 15.1 Å². The van der Waals surface area contributed by atoms with Crippen LogP contribution in [-0.2, 0) is 16.6 Å². The molecule has 5 nitrogen and oxygen atoms in total. The fraction of sp³-hybridized carbons (Fsp3) is 0.600. The molecule has 36 heavy (non-hydrogen) atoms. The van der Waals surface area contributed by atoms with Gasteiger partial charge in [0.25, 0.3) is 0 Å². The lowest BCUT2D eigenvalue weighted by Gasteiger charge is -2.48. The number of nitrogens with one attached hydrogen (secondary N) is 1. The van der Waals surface area contributed by atoms with Crippen molar-refractivity contribution in [3.8, 4) is 0 Å². The van der Waals surface area contributed by atoms with Crippen molar-refractivity contribution in [2.45, 2.75) is 62.3 Å². The maximum absolute atomic E-state index is 14.6. The number of hydrogen-bond donors (Lipinski definition) is 1. The highest BCUT2D eigenvalue weighted by atomic mass is 35.5. The Balaban J connectivity index is 1.31. The van der Waals surface area contributed by atoms with Gasteiger partial charge in [-0.15, -0.1) is 0 Å². The summed E-state index contributed by atoms with van der Waals surface area (Å²) in [7, 11) is 2.24. The molecular formula is C30H39ClN4O. The molecule has 4 heterocycles. The van der Waals surface area contributed by atoms with E-state index in [4.69, 9.17) is 11.6 Å². The third-order valence-corrected chi connectivity index (χ3v) is 9.88. The Morgan fingerprint density at radius 2 is 1.97 bits per heavy atom. The quantitative estimate of drug-likeness (QED) is 0.616. The number of nitrogens with zero attached hydrogens (tertiary/aromatic N) is 3. The molecule has 0 radical (unpaired) electrons. The van der Waals surface area contributed by atoms with E-state index in [2.05, 4.69) is 63.5 Å². The van der Waals surface area contributed by atoms with Crippen molar-refractivity contribution in [3.63, 3.8) is 0 Å². The molecule has 6 heteroatoms. The summed E-state index contributed by atoms with van der Waals surface area (Å²) in [5.74, 6) is 1.41. The number of amides is 1. The number of carbonyl (C=O) groups excluding carboxylic acids is 1. The van der Waals surface area contributed by atoms with Crippen LogP contribution in [0.4, 0.5) is 0 Å². The number of piperidine rings is 2. The van der Waals surface area contributed by atoms with Gasteiger partial charge in [-0.1, -0.05) is 48.0 Å². The van der Waals surface area contributed by atoms with Crippen LogP contribution in [0.2, 0.25) is 5.15 Å². The van der Waals surface area contributed by atoms with E-state index >= 15 is 0 Å². The molecule has 6 rings (SSSR count). The number of aromatic nitrogens is 1. The van der Waals surface area contributed by atoms with Crippen LogP contribution >= 0.6 is 11.6 Å². The van der Waals surface area contributed by atoms with Crippen LogP contribution in [0.5, 0.6) is 0 Å². The highest BCUT2D eigenvalue weighted by Crippen LogP contribution is 2.47. The van der Waals surface area contributed by atoms with Crippen LogP contribution in [0.25, 0.3) is 0 Å². The number of likely N-dealkylation sites (tertiary alicyclic amines) is 2. The maximum atomic E-state index is 14.6. The topological polar surface area (TPSA) is 48.5 Å². The van der Waals surface area contributed by atoms with E-state index in [1.807, 2.05) is 6.07 Å². The zero-order valence-corrected chi connectivity index (χ0v) is 22.2. The monoisotopic (exact) mass is 506 g/mol. The Kier molecular flexibility index (Phi) is 6.83. The Morgan fingerprint density at radius 1 is 1.11 bits per heavy atom. The molecule has 1 aliphatic carbocycles. The van der Waals surface area contributed by atoms with E-state index in [0.717, 1.165) is 64.0 Å². The summed E-state index contributed by atoms with van der Waals surface area (Å²) < 4.78 is 0. The van der Waals surface area contributed by atoms with Gasteiger partial charge in [-0.2, -0.15) is 0 Å². The molecular weight excluding hydrogens is 468 g/mol. The molecule has 0 bridgehead atoms. The Bertz CT molecular complexity index is 1090. The number of hydrogen-bond acceptors (Lipinski definition) is 4. The predicted octanol–water partition coefficient (Wildman–Crippen LogP) is 4.65. The molecule has 5 atom stereocenters. The second-order valence-corrected chi connectivity index (χ2v) is 12.1. The Morgan fingerprint density at radius 3 is 2.81 bits per heavy atom. The molecule has 3 fully saturated rings. The first-order valence-electron chi connectivity index (χ1n) is 14.0. The summed E-state index contributed by atoms with van der Waals surface area (Å²) in [5.41, 5.74) is 3.63. The van der Waals surface area contributed by atoms with Gasteiger partial charge in [-0.3, -0.25) is 4.79 Å². The second kappa shape index (κ2) is 10.1. The second-order valence-electron chi connectivity index (χ2n) is 11.7. The van der Waals surface area contributed by atoms with E-state index in [1.54, 1.807) is 0 Å². The van der Waals surface area contributed by atoms with Crippen LogP contribution in [0.1, 0.15) is 61.3 Å². The van der Waals surface area contributed by atoms with E-state index in [9.17, 15) is 4.79 Å². The van der Waals surface area contributed by atoms with E-state index in [1.165, 1.54) is 30.5 Å². The Hall–Kier alpha value is -1.95. The molecule has 1 N–H and O–H groups in total. The van der Waals surface area contributed by atoms with Gasteiger partial charge in [0, 0.05) is 43.3 Å². The average Bonchev–Trinajstić information content (AvgIpc) is 3.32. The molecule has 2 unspecified atom stereocenters. The van der Waals surface area contributed by atoms with Gasteiger partial charge in [0.05, 0.1) is 5.92 Å². The lowest BCUT2D eigenvalue weighted by Crippen LogP contribution is -2.56. The summed E-state index contributed by atoms with van der Waals surface area (Å²) in [4.78, 5) is 24.0. The largest absolute Gasteiger partial charge is 0.339 e. The predicted molar refractivity (Wildman–Crippen MR) is 144 cm³/mol. The highest BCUT2D eigenvalue weighted by molar-refractivity contribution is 6.29. The summed E-state index contributed by atoms with van der Waals surface area (Å²) in [6, 6.07) is 15.4. The Labute approximate surface area is 220 Å². The van der Waals surface area contributed by atoms with Crippen molar-refractivity contribution in [1.29, 1.82) is 0 Å². The number of benzene rings is 1. The van der Waals surface area contributed by atoms with Gasteiger partial charge in [0.2, 0.25) is 5.91 Å². The molecule has 192 valence electrons. The molecule has 3 saturated heterocycles. The molecule has 1 spiro atoms. The number of pyridine rings is 1. The average molecular weight is 507 g/mol. The van der Waals surface area contributed by atoms with Crippen LogP contribution in [-0.4, -0.2) is 66.5 Å². The normalized spacial score (nSPS) is 33.0. The van der Waals surface area contributed by atoms with Crippen LogP contribution in [0, 0.1) is 11.8 Å². The van der Waals surface area contributed by atoms with Gasteiger partial charge in [0.15, 0.2) is 0 Å². The molecule has 3 aliphatic heterocycles. The number of rotatable bonds is 3. The number of carbonyl (C=O) groups is 1. The van der Waals surface area contributed by atoms with Crippen molar-refractivity contribution >= 4 is 17.5 Å². The first kappa shape index (κ1) is 24.4. The minimum atomic E-state index is -0.160. The van der Waals surface area contributed by atoms with Crippen molar-refractivity contribution in [1.82, 2.24) is 20.1 Å². The number of aryl methyl sites for hydroxylation is 1. The number of halogens is 1. The molecule has 2 aromatic rings. The lowest BCUT2D eigenvalue weighted by molar-refractivity contribution is -0.143. The van der Waals surface area contributed by atoms with Gasteiger partial charge in [-0.25, -0.2) is 4.98 Å². The molecule has 4 aliphatic rings. The standard InChI is InChI=1S/C30H39ClN4O/c1-34-15-6-9-23(19-34)27-17-22(21-7-3-2-4-8-21)13-16-35(27)29(36)25-18-32-20-30(25)14-5-10-26-24(30)11-12-28(31)33-26/h2-4,7-8,11-12,22-23,25,27,32H,5-6,9-10,13-20H2,1H3/t22-,23?,25+,27?,30+/m1/s1. The first-order valence-corrected chi connectivity index (χ1v) is 14.3.